The molecule has 3 rings (SSSR count). The Labute approximate surface area is 157 Å². The van der Waals surface area contributed by atoms with E-state index >= 15 is 0 Å². The number of hydrogen-bond donors (Lipinski definition) is 3. The van der Waals surface area contributed by atoms with Crippen molar-refractivity contribution in [2.24, 2.45) is 5.10 Å². The van der Waals surface area contributed by atoms with Crippen LogP contribution in [-0.2, 0) is 4.79 Å². The topological polar surface area (TPSA) is 74.8 Å². The number of hydrogen-bond acceptors (Lipinski definition) is 5. The van der Waals surface area contributed by atoms with Crippen molar-refractivity contribution < 1.29 is 9.53 Å². The van der Waals surface area contributed by atoms with Crippen LogP contribution < -0.4 is 21.0 Å². The Morgan fingerprint density at radius 3 is 2.88 bits per heavy atom. The molecule has 0 bridgehead atoms. The van der Waals surface area contributed by atoms with Gasteiger partial charge >= 0.3 is 0 Å². The number of amides is 1. The van der Waals surface area contributed by atoms with Gasteiger partial charge in [-0.3, -0.25) is 4.79 Å². The minimum Gasteiger partial charge on any atom is -0.494 e. The average Bonchev–Trinajstić information content (AvgIpc) is 3.14. The van der Waals surface area contributed by atoms with Crippen molar-refractivity contribution >= 4 is 23.7 Å². The minimum absolute atomic E-state index is 0.0337. The van der Waals surface area contributed by atoms with E-state index in [0.29, 0.717) is 18.1 Å². The first-order valence-electron chi connectivity index (χ1n) is 8.48. The molecule has 2 atom stereocenters. The van der Waals surface area contributed by atoms with Crippen molar-refractivity contribution in [3.8, 4) is 5.75 Å². The monoisotopic (exact) mass is 372 g/mol. The number of benzene rings is 2. The summed E-state index contributed by atoms with van der Waals surface area (Å²) in [5.74, 6) is 0.637. The SMILES string of the molecule is CCOc1cccc(C2CC(C(=O)N/N=C/c3ccc(Cl)cc3)NN2)c1. The summed E-state index contributed by atoms with van der Waals surface area (Å²) in [6, 6.07) is 14.7. The standard InChI is InChI=1S/C19H21ClN4O2/c1-2-26-16-5-3-4-14(10-16)17-11-18(23-22-17)19(25)24-21-12-13-6-8-15(20)9-7-13/h3-10,12,17-18,22-23H,2,11H2,1H3,(H,24,25)/b21-12+. The summed E-state index contributed by atoms with van der Waals surface area (Å²) in [6.45, 7) is 2.57. The molecule has 0 radical (unpaired) electrons. The maximum atomic E-state index is 12.3. The van der Waals surface area contributed by atoms with Crippen LogP contribution in [0.25, 0.3) is 0 Å². The Balaban J connectivity index is 1.54. The molecule has 0 aliphatic carbocycles. The molecule has 0 aromatic heterocycles. The molecule has 1 fully saturated rings. The van der Waals surface area contributed by atoms with E-state index in [4.69, 9.17) is 16.3 Å². The third-order valence-corrected chi connectivity index (χ3v) is 4.30. The van der Waals surface area contributed by atoms with Crippen molar-refractivity contribution in [2.75, 3.05) is 6.61 Å². The lowest BCUT2D eigenvalue weighted by Crippen LogP contribution is -2.41. The molecule has 0 saturated carbocycles. The summed E-state index contributed by atoms with van der Waals surface area (Å²) in [5, 5.41) is 4.66. The minimum atomic E-state index is -0.363. The highest BCUT2D eigenvalue weighted by Gasteiger charge is 2.30. The number of hydrazine groups is 1. The van der Waals surface area contributed by atoms with Gasteiger partial charge in [-0.2, -0.15) is 5.10 Å². The zero-order valence-electron chi connectivity index (χ0n) is 14.4. The number of halogens is 1. The predicted octanol–water partition coefficient (Wildman–Crippen LogP) is 2.80. The molecular formula is C19H21ClN4O2. The summed E-state index contributed by atoms with van der Waals surface area (Å²) < 4.78 is 5.53. The second-order valence-electron chi connectivity index (χ2n) is 5.92. The Kier molecular flexibility index (Phi) is 6.22. The fourth-order valence-corrected chi connectivity index (χ4v) is 2.86. The van der Waals surface area contributed by atoms with Gasteiger partial charge in [-0.15, -0.1) is 0 Å². The van der Waals surface area contributed by atoms with E-state index in [0.717, 1.165) is 16.9 Å². The largest absolute Gasteiger partial charge is 0.494 e. The molecule has 0 spiro atoms. The number of carbonyl (C=O) groups excluding carboxylic acids is 1. The summed E-state index contributed by atoms with van der Waals surface area (Å²) in [7, 11) is 0. The van der Waals surface area contributed by atoms with Crippen molar-refractivity contribution in [3.05, 3.63) is 64.7 Å². The smallest absolute Gasteiger partial charge is 0.258 e. The number of ether oxygens (including phenoxy) is 1. The van der Waals surface area contributed by atoms with E-state index in [2.05, 4.69) is 21.4 Å². The quantitative estimate of drug-likeness (QED) is 0.538. The van der Waals surface area contributed by atoms with Crippen molar-refractivity contribution in [1.82, 2.24) is 16.3 Å². The van der Waals surface area contributed by atoms with Gasteiger partial charge in [-0.1, -0.05) is 35.9 Å². The van der Waals surface area contributed by atoms with Gasteiger partial charge in [0.2, 0.25) is 0 Å². The Morgan fingerprint density at radius 2 is 2.12 bits per heavy atom. The first kappa shape index (κ1) is 18.4. The Bertz CT molecular complexity index is 779. The van der Waals surface area contributed by atoms with Crippen LogP contribution in [0.5, 0.6) is 5.75 Å². The molecule has 2 aromatic rings. The first-order valence-corrected chi connectivity index (χ1v) is 8.86. The van der Waals surface area contributed by atoms with Crippen LogP contribution in [0.15, 0.2) is 53.6 Å². The molecule has 3 N–H and O–H groups in total. The van der Waals surface area contributed by atoms with Crippen LogP contribution in [0.2, 0.25) is 5.02 Å². The predicted molar refractivity (Wildman–Crippen MR) is 102 cm³/mol. The molecule has 1 heterocycles. The molecule has 1 aliphatic rings. The number of rotatable bonds is 6. The van der Waals surface area contributed by atoms with E-state index in [1.807, 2.05) is 43.3 Å². The van der Waals surface area contributed by atoms with E-state index in [1.54, 1.807) is 18.3 Å². The van der Waals surface area contributed by atoms with Crippen LogP contribution >= 0.6 is 11.6 Å². The Morgan fingerprint density at radius 1 is 1.31 bits per heavy atom. The lowest BCUT2D eigenvalue weighted by molar-refractivity contribution is -0.122. The van der Waals surface area contributed by atoms with Gasteiger partial charge in [-0.05, 0) is 48.7 Å². The number of carbonyl (C=O) groups is 1. The zero-order chi connectivity index (χ0) is 18.4. The average molecular weight is 373 g/mol. The Hall–Kier alpha value is -2.41. The van der Waals surface area contributed by atoms with Crippen LogP contribution in [0.3, 0.4) is 0 Å². The molecule has 7 heteroatoms. The summed E-state index contributed by atoms with van der Waals surface area (Å²) in [5.41, 5.74) is 10.7. The van der Waals surface area contributed by atoms with E-state index < -0.39 is 0 Å². The molecule has 1 aliphatic heterocycles. The third-order valence-electron chi connectivity index (χ3n) is 4.05. The van der Waals surface area contributed by atoms with Crippen molar-refractivity contribution in [1.29, 1.82) is 0 Å². The second-order valence-corrected chi connectivity index (χ2v) is 6.36. The first-order chi connectivity index (χ1) is 12.7. The molecule has 26 heavy (non-hydrogen) atoms. The van der Waals surface area contributed by atoms with Crippen molar-refractivity contribution in [3.63, 3.8) is 0 Å². The second kappa shape index (κ2) is 8.80. The van der Waals surface area contributed by atoms with Crippen LogP contribution in [0.4, 0.5) is 0 Å². The summed E-state index contributed by atoms with van der Waals surface area (Å²) in [6.07, 6.45) is 2.21. The van der Waals surface area contributed by atoms with Crippen molar-refractivity contribution in [2.45, 2.75) is 25.4 Å². The molecule has 2 unspecified atom stereocenters. The highest BCUT2D eigenvalue weighted by atomic mass is 35.5. The van der Waals surface area contributed by atoms with E-state index in [-0.39, 0.29) is 18.0 Å². The van der Waals surface area contributed by atoms with Crippen LogP contribution in [0, 0.1) is 0 Å². The van der Waals surface area contributed by atoms with E-state index in [1.165, 1.54) is 0 Å². The normalized spacial score (nSPS) is 19.6. The number of hydrazone groups is 1. The molecule has 1 amide bonds. The third kappa shape index (κ3) is 4.82. The van der Waals surface area contributed by atoms with Crippen LogP contribution in [-0.4, -0.2) is 24.8 Å². The van der Waals surface area contributed by atoms with Gasteiger partial charge in [0, 0.05) is 11.1 Å². The fourth-order valence-electron chi connectivity index (χ4n) is 2.73. The maximum Gasteiger partial charge on any atom is 0.258 e. The van der Waals surface area contributed by atoms with Gasteiger partial charge in [0.05, 0.1) is 12.8 Å². The molecule has 136 valence electrons. The highest BCUT2D eigenvalue weighted by molar-refractivity contribution is 6.30. The van der Waals surface area contributed by atoms with Gasteiger partial charge in [0.25, 0.3) is 5.91 Å². The summed E-state index contributed by atoms with van der Waals surface area (Å²) >= 11 is 5.84. The van der Waals surface area contributed by atoms with Gasteiger partial charge < -0.3 is 4.74 Å². The maximum absolute atomic E-state index is 12.3. The zero-order valence-corrected chi connectivity index (χ0v) is 15.2. The van der Waals surface area contributed by atoms with Gasteiger partial charge in [0.15, 0.2) is 0 Å². The highest BCUT2D eigenvalue weighted by Crippen LogP contribution is 2.25. The summed E-state index contributed by atoms with van der Waals surface area (Å²) in [4.78, 5) is 12.3. The van der Waals surface area contributed by atoms with Crippen LogP contribution in [0.1, 0.15) is 30.5 Å². The van der Waals surface area contributed by atoms with Gasteiger partial charge in [-0.25, -0.2) is 16.3 Å². The lowest BCUT2D eigenvalue weighted by atomic mass is 10.0. The molecular weight excluding hydrogens is 352 g/mol. The molecule has 2 aromatic carbocycles. The lowest BCUT2D eigenvalue weighted by Gasteiger charge is -2.11. The molecule has 6 nitrogen and oxygen atoms in total. The fraction of sp³-hybridized carbons (Fsp3) is 0.263. The van der Waals surface area contributed by atoms with E-state index in [9.17, 15) is 4.79 Å². The number of nitrogens with zero attached hydrogens (tertiary/aromatic N) is 1. The molecule has 1 saturated heterocycles. The van der Waals surface area contributed by atoms with Gasteiger partial charge in [0.1, 0.15) is 11.8 Å². The number of nitrogens with one attached hydrogen (secondary N) is 3.